The molecular formula is C22H22N6O5. The molecule has 0 spiro atoms. The molecule has 0 atom stereocenters. The summed E-state index contributed by atoms with van der Waals surface area (Å²) in [5.41, 5.74) is 2.30. The molecule has 0 unspecified atom stereocenters. The lowest BCUT2D eigenvalue weighted by Crippen LogP contribution is -2.48. The van der Waals surface area contributed by atoms with Crippen LogP contribution in [0.3, 0.4) is 0 Å². The highest BCUT2D eigenvalue weighted by molar-refractivity contribution is 6.01. The molecule has 3 heterocycles. The van der Waals surface area contributed by atoms with E-state index in [4.69, 9.17) is 13.9 Å². The van der Waals surface area contributed by atoms with Crippen molar-refractivity contribution in [2.45, 2.75) is 6.92 Å². The molecule has 2 aliphatic heterocycles. The summed E-state index contributed by atoms with van der Waals surface area (Å²) in [6.45, 7) is 4.72. The van der Waals surface area contributed by atoms with E-state index >= 15 is 0 Å². The molecule has 2 aromatic carbocycles. The van der Waals surface area contributed by atoms with Crippen LogP contribution in [0.2, 0.25) is 0 Å². The zero-order valence-corrected chi connectivity index (χ0v) is 17.9. The first-order valence-corrected chi connectivity index (χ1v) is 10.5. The SMILES string of the molecule is CC(=O)N1CCN(c2ccc(NC(=O)c3nnc(Nc4ccc5c(c4)OCO5)o3)cc2)CC1. The first-order valence-electron chi connectivity index (χ1n) is 10.5. The third-order valence-corrected chi connectivity index (χ3v) is 5.46. The number of benzene rings is 2. The second kappa shape index (κ2) is 8.69. The summed E-state index contributed by atoms with van der Waals surface area (Å²) in [7, 11) is 0. The van der Waals surface area contributed by atoms with Crippen molar-refractivity contribution in [2.24, 2.45) is 0 Å². The van der Waals surface area contributed by atoms with E-state index in [-0.39, 0.29) is 24.6 Å². The van der Waals surface area contributed by atoms with Gasteiger partial charge in [-0.25, -0.2) is 0 Å². The third kappa shape index (κ3) is 4.52. The van der Waals surface area contributed by atoms with E-state index in [2.05, 4.69) is 25.7 Å². The predicted molar refractivity (Wildman–Crippen MR) is 119 cm³/mol. The van der Waals surface area contributed by atoms with Gasteiger partial charge in [0.25, 0.3) is 0 Å². The number of hydrogen-bond acceptors (Lipinski definition) is 9. The topological polar surface area (TPSA) is 122 Å². The average Bonchev–Trinajstić information content (AvgIpc) is 3.49. The summed E-state index contributed by atoms with van der Waals surface area (Å²) < 4.78 is 16.0. The molecule has 3 aromatic rings. The minimum atomic E-state index is -0.510. The van der Waals surface area contributed by atoms with Gasteiger partial charge >= 0.3 is 17.8 Å². The molecular weight excluding hydrogens is 428 g/mol. The summed E-state index contributed by atoms with van der Waals surface area (Å²) in [4.78, 5) is 28.0. The first-order chi connectivity index (χ1) is 16.0. The van der Waals surface area contributed by atoms with Gasteiger partial charge in [-0.2, -0.15) is 0 Å². The van der Waals surface area contributed by atoms with Crippen LogP contribution in [0.15, 0.2) is 46.9 Å². The number of carbonyl (C=O) groups excluding carboxylic acids is 2. The fourth-order valence-electron chi connectivity index (χ4n) is 3.68. The second-order valence-electron chi connectivity index (χ2n) is 7.60. The molecule has 5 rings (SSSR count). The molecule has 0 saturated carbocycles. The number of fused-ring (bicyclic) bond motifs is 1. The van der Waals surface area contributed by atoms with Crippen molar-refractivity contribution in [1.82, 2.24) is 15.1 Å². The minimum absolute atomic E-state index is 0.0825. The van der Waals surface area contributed by atoms with Crippen molar-refractivity contribution in [3.8, 4) is 11.5 Å². The number of nitrogens with zero attached hydrogens (tertiary/aromatic N) is 4. The van der Waals surface area contributed by atoms with Gasteiger partial charge in [-0.3, -0.25) is 9.59 Å². The number of carbonyl (C=O) groups is 2. The van der Waals surface area contributed by atoms with Crippen LogP contribution < -0.4 is 25.0 Å². The number of nitrogens with one attached hydrogen (secondary N) is 2. The van der Waals surface area contributed by atoms with Gasteiger partial charge in [0, 0.05) is 56.2 Å². The van der Waals surface area contributed by atoms with E-state index < -0.39 is 5.91 Å². The van der Waals surface area contributed by atoms with E-state index in [0.717, 1.165) is 18.8 Å². The van der Waals surface area contributed by atoms with Crippen LogP contribution >= 0.6 is 0 Å². The Hall–Kier alpha value is -4.28. The number of aromatic nitrogens is 2. The van der Waals surface area contributed by atoms with Crippen molar-refractivity contribution in [2.75, 3.05) is 48.5 Å². The van der Waals surface area contributed by atoms with E-state index in [1.807, 2.05) is 29.2 Å². The van der Waals surface area contributed by atoms with Crippen LogP contribution in [-0.4, -0.2) is 59.9 Å². The number of piperazine rings is 1. The van der Waals surface area contributed by atoms with Crippen molar-refractivity contribution in [3.63, 3.8) is 0 Å². The highest BCUT2D eigenvalue weighted by Crippen LogP contribution is 2.35. The summed E-state index contributed by atoms with van der Waals surface area (Å²) in [6.07, 6.45) is 0. The Kier molecular flexibility index (Phi) is 5.43. The van der Waals surface area contributed by atoms with E-state index in [1.54, 1.807) is 25.1 Å². The van der Waals surface area contributed by atoms with Crippen LogP contribution in [0.1, 0.15) is 17.6 Å². The quantitative estimate of drug-likeness (QED) is 0.603. The number of rotatable bonds is 5. The number of amides is 2. The van der Waals surface area contributed by atoms with Crippen molar-refractivity contribution in [1.29, 1.82) is 0 Å². The summed E-state index contributed by atoms with van der Waals surface area (Å²) in [6, 6.07) is 12.9. The summed E-state index contributed by atoms with van der Waals surface area (Å²) in [5, 5.41) is 13.4. The fourth-order valence-corrected chi connectivity index (χ4v) is 3.68. The highest BCUT2D eigenvalue weighted by atomic mass is 16.7. The molecule has 0 aliphatic carbocycles. The first kappa shape index (κ1) is 20.6. The van der Waals surface area contributed by atoms with Gasteiger partial charge in [0.2, 0.25) is 12.7 Å². The molecule has 1 aromatic heterocycles. The Bertz CT molecular complexity index is 1170. The van der Waals surface area contributed by atoms with Gasteiger partial charge in [0.05, 0.1) is 0 Å². The molecule has 1 fully saturated rings. The Labute approximate surface area is 189 Å². The predicted octanol–water partition coefficient (Wildman–Crippen LogP) is 2.46. The lowest BCUT2D eigenvalue weighted by atomic mass is 10.2. The van der Waals surface area contributed by atoms with Gasteiger partial charge in [0.1, 0.15) is 0 Å². The standard InChI is InChI=1S/C22H22N6O5/c1-14(29)27-8-10-28(11-9-27)17-5-2-15(3-6-17)23-20(30)21-25-26-22(33-21)24-16-4-7-18-19(12-16)32-13-31-18/h2-7,12H,8-11,13H2,1H3,(H,23,30)(H,24,26). The molecule has 2 N–H and O–H groups in total. The van der Waals surface area contributed by atoms with E-state index in [1.165, 1.54) is 0 Å². The van der Waals surface area contributed by atoms with Gasteiger partial charge in [0.15, 0.2) is 11.5 Å². The minimum Gasteiger partial charge on any atom is -0.454 e. The molecule has 33 heavy (non-hydrogen) atoms. The van der Waals surface area contributed by atoms with E-state index in [0.29, 0.717) is 36.0 Å². The van der Waals surface area contributed by atoms with Crippen LogP contribution in [0, 0.1) is 0 Å². The Morgan fingerprint density at radius 1 is 0.909 bits per heavy atom. The molecule has 0 radical (unpaired) electrons. The van der Waals surface area contributed by atoms with Crippen LogP contribution in [0.25, 0.3) is 0 Å². The Balaban J connectivity index is 1.17. The highest BCUT2D eigenvalue weighted by Gasteiger charge is 2.20. The fraction of sp³-hybridized carbons (Fsp3) is 0.273. The van der Waals surface area contributed by atoms with Crippen molar-refractivity contribution < 1.29 is 23.5 Å². The number of hydrogen-bond donors (Lipinski definition) is 2. The maximum atomic E-state index is 12.5. The maximum Gasteiger partial charge on any atom is 0.320 e. The Morgan fingerprint density at radius 3 is 2.39 bits per heavy atom. The zero-order chi connectivity index (χ0) is 22.8. The van der Waals surface area contributed by atoms with Gasteiger partial charge in [-0.05, 0) is 36.4 Å². The third-order valence-electron chi connectivity index (χ3n) is 5.46. The van der Waals surface area contributed by atoms with Crippen molar-refractivity contribution in [3.05, 3.63) is 48.4 Å². The maximum absolute atomic E-state index is 12.5. The molecule has 1 saturated heterocycles. The second-order valence-corrected chi connectivity index (χ2v) is 7.60. The average molecular weight is 450 g/mol. The Morgan fingerprint density at radius 2 is 1.64 bits per heavy atom. The normalized spacial score (nSPS) is 14.8. The smallest absolute Gasteiger partial charge is 0.320 e. The lowest BCUT2D eigenvalue weighted by molar-refractivity contribution is -0.129. The zero-order valence-electron chi connectivity index (χ0n) is 17.9. The molecule has 11 heteroatoms. The van der Waals surface area contributed by atoms with Crippen molar-refractivity contribution >= 4 is 34.9 Å². The van der Waals surface area contributed by atoms with Gasteiger partial charge in [-0.15, -0.1) is 5.10 Å². The summed E-state index contributed by atoms with van der Waals surface area (Å²) in [5.74, 6) is 0.701. The summed E-state index contributed by atoms with van der Waals surface area (Å²) >= 11 is 0. The lowest BCUT2D eigenvalue weighted by Gasteiger charge is -2.35. The number of ether oxygens (including phenoxy) is 2. The molecule has 170 valence electrons. The number of anilines is 4. The van der Waals surface area contributed by atoms with Crippen LogP contribution in [0.4, 0.5) is 23.1 Å². The molecule has 2 aliphatic rings. The molecule has 11 nitrogen and oxygen atoms in total. The monoisotopic (exact) mass is 450 g/mol. The molecule has 0 bridgehead atoms. The van der Waals surface area contributed by atoms with Crippen LogP contribution in [-0.2, 0) is 4.79 Å². The van der Waals surface area contributed by atoms with Gasteiger partial charge < -0.3 is 34.3 Å². The van der Waals surface area contributed by atoms with Crippen LogP contribution in [0.5, 0.6) is 11.5 Å². The van der Waals surface area contributed by atoms with Gasteiger partial charge in [-0.1, -0.05) is 5.10 Å². The largest absolute Gasteiger partial charge is 0.454 e. The molecule has 2 amide bonds. The van der Waals surface area contributed by atoms with E-state index in [9.17, 15) is 9.59 Å².